The quantitative estimate of drug-likeness (QED) is 0.895. The Morgan fingerprint density at radius 3 is 2.65 bits per heavy atom. The first-order valence-electron chi connectivity index (χ1n) is 6.26. The number of hydrogen-bond donors (Lipinski definition) is 2. The molecule has 0 unspecified atom stereocenters. The summed E-state index contributed by atoms with van der Waals surface area (Å²) in [5.41, 5.74) is 0.622. The van der Waals surface area contributed by atoms with E-state index in [1.807, 2.05) is 20.8 Å². The molecule has 0 radical (unpaired) electrons. The number of hydrogen-bond acceptors (Lipinski definition) is 3. The van der Waals surface area contributed by atoms with Gasteiger partial charge in [0.1, 0.15) is 6.54 Å². The van der Waals surface area contributed by atoms with E-state index >= 15 is 0 Å². The van der Waals surface area contributed by atoms with Gasteiger partial charge in [-0.2, -0.15) is 5.10 Å². The number of amides is 1. The summed E-state index contributed by atoms with van der Waals surface area (Å²) in [4.78, 5) is 24.8. The SMILES string of the molecule is CC(C)(C)N(CC(=O)O)C(=O)c1ccc2cn[nH]c2c1. The lowest BCUT2D eigenvalue weighted by molar-refractivity contribution is -0.138. The maximum Gasteiger partial charge on any atom is 0.323 e. The third kappa shape index (κ3) is 2.79. The van der Waals surface area contributed by atoms with Crippen LogP contribution >= 0.6 is 0 Å². The Balaban J connectivity index is 2.37. The molecule has 0 aliphatic rings. The summed E-state index contributed by atoms with van der Waals surface area (Å²) < 4.78 is 0. The summed E-state index contributed by atoms with van der Waals surface area (Å²) in [5, 5.41) is 16.6. The maximum atomic E-state index is 12.5. The van der Waals surface area contributed by atoms with Gasteiger partial charge in [-0.3, -0.25) is 14.7 Å². The van der Waals surface area contributed by atoms with Crippen LogP contribution in [0.2, 0.25) is 0 Å². The van der Waals surface area contributed by atoms with Crippen molar-refractivity contribution < 1.29 is 14.7 Å². The van der Waals surface area contributed by atoms with Gasteiger partial charge in [-0.25, -0.2) is 0 Å². The van der Waals surface area contributed by atoms with Crippen LogP contribution in [0.5, 0.6) is 0 Å². The fourth-order valence-electron chi connectivity index (χ4n) is 1.97. The highest BCUT2D eigenvalue weighted by Gasteiger charge is 2.29. The lowest BCUT2D eigenvalue weighted by Gasteiger charge is -2.34. The van der Waals surface area contributed by atoms with E-state index in [0.717, 1.165) is 10.9 Å². The van der Waals surface area contributed by atoms with E-state index in [0.29, 0.717) is 5.56 Å². The van der Waals surface area contributed by atoms with Crippen LogP contribution in [0.3, 0.4) is 0 Å². The number of fused-ring (bicyclic) bond motifs is 1. The number of carboxylic acids is 1. The molecular weight excluding hydrogens is 258 g/mol. The molecule has 6 heteroatoms. The highest BCUT2D eigenvalue weighted by molar-refractivity contribution is 5.99. The molecule has 6 nitrogen and oxygen atoms in total. The van der Waals surface area contributed by atoms with Crippen molar-refractivity contribution in [3.63, 3.8) is 0 Å². The van der Waals surface area contributed by atoms with Gasteiger partial charge in [0.15, 0.2) is 0 Å². The molecule has 1 heterocycles. The Morgan fingerprint density at radius 1 is 1.35 bits per heavy atom. The Kier molecular flexibility index (Phi) is 3.48. The average molecular weight is 275 g/mol. The minimum absolute atomic E-state index is 0.309. The number of nitrogens with one attached hydrogen (secondary N) is 1. The van der Waals surface area contributed by atoms with Gasteiger partial charge in [-0.05, 0) is 32.9 Å². The molecule has 0 atom stereocenters. The van der Waals surface area contributed by atoms with Crippen molar-refractivity contribution in [1.29, 1.82) is 0 Å². The van der Waals surface area contributed by atoms with Crippen LogP contribution in [-0.2, 0) is 4.79 Å². The molecule has 0 saturated carbocycles. The Labute approximate surface area is 116 Å². The fraction of sp³-hybridized carbons (Fsp3) is 0.357. The van der Waals surface area contributed by atoms with Gasteiger partial charge in [0.2, 0.25) is 0 Å². The van der Waals surface area contributed by atoms with Gasteiger partial charge in [0.25, 0.3) is 5.91 Å². The molecule has 1 amide bonds. The zero-order valence-corrected chi connectivity index (χ0v) is 11.7. The van der Waals surface area contributed by atoms with Crippen molar-refractivity contribution in [1.82, 2.24) is 15.1 Å². The molecule has 0 saturated heterocycles. The number of aromatic nitrogens is 2. The van der Waals surface area contributed by atoms with E-state index in [9.17, 15) is 9.59 Å². The standard InChI is InChI=1S/C14H17N3O3/c1-14(2,3)17(8-12(18)19)13(20)9-4-5-10-7-15-16-11(10)6-9/h4-7H,8H2,1-3H3,(H,15,16)(H,18,19). The predicted octanol–water partition coefficient (Wildman–Crippen LogP) is 1.89. The number of nitrogens with zero attached hydrogens (tertiary/aromatic N) is 2. The molecule has 0 aliphatic carbocycles. The minimum atomic E-state index is -1.03. The van der Waals surface area contributed by atoms with E-state index in [1.54, 1.807) is 24.4 Å². The first kappa shape index (κ1) is 14.0. The molecule has 0 fully saturated rings. The van der Waals surface area contributed by atoms with E-state index < -0.39 is 11.5 Å². The third-order valence-corrected chi connectivity index (χ3v) is 3.04. The van der Waals surface area contributed by atoms with E-state index in [4.69, 9.17) is 5.11 Å². The number of rotatable bonds is 3. The van der Waals surface area contributed by atoms with Crippen LogP contribution in [0, 0.1) is 0 Å². The molecule has 1 aromatic carbocycles. The zero-order valence-electron chi connectivity index (χ0n) is 11.7. The average Bonchev–Trinajstić information content (AvgIpc) is 2.80. The summed E-state index contributed by atoms with van der Waals surface area (Å²) in [6.45, 7) is 5.09. The molecule has 0 aliphatic heterocycles. The molecular formula is C14H17N3O3. The Morgan fingerprint density at radius 2 is 2.05 bits per heavy atom. The molecule has 0 bridgehead atoms. The maximum absolute atomic E-state index is 12.5. The topological polar surface area (TPSA) is 86.3 Å². The van der Waals surface area contributed by atoms with Crippen LogP contribution in [-0.4, -0.2) is 44.2 Å². The van der Waals surface area contributed by atoms with Crippen molar-refractivity contribution in [3.05, 3.63) is 30.0 Å². The third-order valence-electron chi connectivity index (χ3n) is 3.04. The smallest absolute Gasteiger partial charge is 0.323 e. The normalized spacial score (nSPS) is 11.6. The second kappa shape index (κ2) is 4.96. The van der Waals surface area contributed by atoms with Gasteiger partial charge in [0, 0.05) is 16.5 Å². The van der Waals surface area contributed by atoms with E-state index in [-0.39, 0.29) is 12.5 Å². The number of aliphatic carboxylic acids is 1. The predicted molar refractivity (Wildman–Crippen MR) is 74.5 cm³/mol. The monoisotopic (exact) mass is 275 g/mol. The highest BCUT2D eigenvalue weighted by Crippen LogP contribution is 2.19. The van der Waals surface area contributed by atoms with Crippen molar-refractivity contribution >= 4 is 22.8 Å². The zero-order chi connectivity index (χ0) is 14.9. The van der Waals surface area contributed by atoms with Crippen LogP contribution in [0.1, 0.15) is 31.1 Å². The number of carboxylic acid groups (broad SMARTS) is 1. The van der Waals surface area contributed by atoms with E-state index in [1.165, 1.54) is 4.90 Å². The largest absolute Gasteiger partial charge is 0.480 e. The molecule has 2 rings (SSSR count). The minimum Gasteiger partial charge on any atom is -0.480 e. The molecule has 106 valence electrons. The Bertz CT molecular complexity index is 655. The highest BCUT2D eigenvalue weighted by atomic mass is 16.4. The van der Waals surface area contributed by atoms with Crippen LogP contribution < -0.4 is 0 Å². The van der Waals surface area contributed by atoms with Gasteiger partial charge in [0.05, 0.1) is 11.7 Å². The molecule has 1 aromatic heterocycles. The lowest BCUT2D eigenvalue weighted by atomic mass is 10.0. The number of carbonyl (C=O) groups is 2. The van der Waals surface area contributed by atoms with Gasteiger partial charge < -0.3 is 10.0 Å². The number of benzene rings is 1. The first-order valence-corrected chi connectivity index (χ1v) is 6.26. The second-order valence-electron chi connectivity index (χ2n) is 5.63. The number of carbonyl (C=O) groups excluding carboxylic acids is 1. The van der Waals surface area contributed by atoms with Gasteiger partial charge in [-0.1, -0.05) is 6.07 Å². The van der Waals surface area contributed by atoms with Crippen LogP contribution in [0.15, 0.2) is 24.4 Å². The summed E-state index contributed by atoms with van der Waals surface area (Å²) in [7, 11) is 0. The summed E-state index contributed by atoms with van der Waals surface area (Å²) in [6.07, 6.45) is 1.67. The fourth-order valence-corrected chi connectivity index (χ4v) is 1.97. The lowest BCUT2D eigenvalue weighted by Crippen LogP contribution is -2.48. The molecule has 0 spiro atoms. The van der Waals surface area contributed by atoms with Crippen molar-refractivity contribution in [2.45, 2.75) is 26.3 Å². The van der Waals surface area contributed by atoms with Crippen LogP contribution in [0.25, 0.3) is 10.9 Å². The van der Waals surface area contributed by atoms with E-state index in [2.05, 4.69) is 10.2 Å². The number of H-pyrrole nitrogens is 1. The van der Waals surface area contributed by atoms with Crippen LogP contribution in [0.4, 0.5) is 0 Å². The Hall–Kier alpha value is -2.37. The molecule has 2 aromatic rings. The van der Waals surface area contributed by atoms with Crippen molar-refractivity contribution in [2.75, 3.05) is 6.54 Å². The summed E-state index contributed by atoms with van der Waals surface area (Å²) >= 11 is 0. The number of aromatic amines is 1. The molecule has 2 N–H and O–H groups in total. The first-order chi connectivity index (χ1) is 9.29. The summed E-state index contributed by atoms with van der Waals surface area (Å²) in [6, 6.07) is 5.15. The van der Waals surface area contributed by atoms with Gasteiger partial charge >= 0.3 is 5.97 Å². The van der Waals surface area contributed by atoms with Gasteiger partial charge in [-0.15, -0.1) is 0 Å². The molecule has 20 heavy (non-hydrogen) atoms. The summed E-state index contributed by atoms with van der Waals surface area (Å²) in [5.74, 6) is -1.34. The van der Waals surface area contributed by atoms with Crippen molar-refractivity contribution in [3.8, 4) is 0 Å². The van der Waals surface area contributed by atoms with Crippen molar-refractivity contribution in [2.24, 2.45) is 0 Å². The second-order valence-corrected chi connectivity index (χ2v) is 5.63.